The lowest BCUT2D eigenvalue weighted by atomic mass is 9.82. The minimum Gasteiger partial charge on any atom is -0.481 e. The maximum Gasteiger partial charge on any atom is 0.307 e. The number of anilines is 1. The molecule has 1 aliphatic rings. The summed E-state index contributed by atoms with van der Waals surface area (Å²) in [7, 11) is 0. The zero-order valence-corrected chi connectivity index (χ0v) is 13.3. The van der Waals surface area contributed by atoms with Crippen LogP contribution in [0.5, 0.6) is 0 Å². The van der Waals surface area contributed by atoms with Crippen LogP contribution in [0.3, 0.4) is 0 Å². The fourth-order valence-electron chi connectivity index (χ4n) is 2.85. The van der Waals surface area contributed by atoms with Crippen molar-refractivity contribution in [2.24, 2.45) is 11.8 Å². The van der Waals surface area contributed by atoms with Crippen LogP contribution in [0, 0.1) is 11.8 Å². The Morgan fingerprint density at radius 3 is 2.27 bits per heavy atom. The van der Waals surface area contributed by atoms with Gasteiger partial charge in [-0.25, -0.2) is 0 Å². The first kappa shape index (κ1) is 16.3. The average molecular weight is 301 g/mol. The van der Waals surface area contributed by atoms with E-state index in [-0.39, 0.29) is 11.3 Å². The molecule has 0 aromatic heterocycles. The summed E-state index contributed by atoms with van der Waals surface area (Å²) in [4.78, 5) is 23.9. The topological polar surface area (TPSA) is 66.4 Å². The first-order valence-electron chi connectivity index (χ1n) is 7.59. The minimum atomic E-state index is -0.909. The van der Waals surface area contributed by atoms with Gasteiger partial charge in [-0.05, 0) is 29.9 Å². The smallest absolute Gasteiger partial charge is 0.307 e. The van der Waals surface area contributed by atoms with Crippen LogP contribution in [-0.2, 0) is 15.0 Å². The zero-order chi connectivity index (χ0) is 16.3. The SMILES string of the molecule is CC(C)(C)c1ccccc1NC(=O)[C@H]1CC=CC[C@H]1C(=O)O. The molecule has 118 valence electrons. The summed E-state index contributed by atoms with van der Waals surface area (Å²) in [5.74, 6) is -2.29. The molecule has 0 saturated heterocycles. The molecule has 0 bridgehead atoms. The van der Waals surface area contributed by atoms with Crippen molar-refractivity contribution in [2.75, 3.05) is 5.32 Å². The normalized spacial score (nSPS) is 21.4. The molecule has 22 heavy (non-hydrogen) atoms. The van der Waals surface area contributed by atoms with Crippen LogP contribution in [0.15, 0.2) is 36.4 Å². The fourth-order valence-corrected chi connectivity index (χ4v) is 2.85. The molecule has 1 aromatic rings. The largest absolute Gasteiger partial charge is 0.481 e. The van der Waals surface area contributed by atoms with Gasteiger partial charge in [-0.2, -0.15) is 0 Å². The van der Waals surface area contributed by atoms with Crippen LogP contribution in [0.1, 0.15) is 39.2 Å². The van der Waals surface area contributed by atoms with E-state index in [0.29, 0.717) is 12.8 Å². The minimum absolute atomic E-state index is 0.0947. The van der Waals surface area contributed by atoms with Crippen LogP contribution >= 0.6 is 0 Å². The van der Waals surface area contributed by atoms with Crippen LogP contribution in [-0.4, -0.2) is 17.0 Å². The van der Waals surface area contributed by atoms with E-state index in [0.717, 1.165) is 11.3 Å². The summed E-state index contributed by atoms with van der Waals surface area (Å²) in [5.41, 5.74) is 1.71. The number of carboxylic acid groups (broad SMARTS) is 1. The molecular weight excluding hydrogens is 278 g/mol. The highest BCUT2D eigenvalue weighted by atomic mass is 16.4. The molecule has 0 fully saturated rings. The molecule has 1 aromatic carbocycles. The van der Waals surface area contributed by atoms with Crippen molar-refractivity contribution in [1.29, 1.82) is 0 Å². The number of carbonyl (C=O) groups is 2. The fraction of sp³-hybridized carbons (Fsp3) is 0.444. The molecule has 4 nitrogen and oxygen atoms in total. The second-order valence-electron chi connectivity index (χ2n) is 6.78. The van der Waals surface area contributed by atoms with E-state index in [2.05, 4.69) is 26.1 Å². The van der Waals surface area contributed by atoms with Gasteiger partial charge in [0.25, 0.3) is 0 Å². The van der Waals surface area contributed by atoms with E-state index in [1.165, 1.54) is 0 Å². The number of carbonyl (C=O) groups excluding carboxylic acids is 1. The summed E-state index contributed by atoms with van der Waals surface area (Å²) in [6.45, 7) is 6.25. The van der Waals surface area contributed by atoms with Gasteiger partial charge in [-0.3, -0.25) is 9.59 Å². The second-order valence-corrected chi connectivity index (χ2v) is 6.78. The maximum absolute atomic E-state index is 12.6. The van der Waals surface area contributed by atoms with Crippen molar-refractivity contribution >= 4 is 17.6 Å². The summed E-state index contributed by atoms with van der Waals surface area (Å²) < 4.78 is 0. The molecule has 4 heteroatoms. The van der Waals surface area contributed by atoms with E-state index < -0.39 is 17.8 Å². The van der Waals surface area contributed by atoms with Gasteiger partial charge in [-0.15, -0.1) is 0 Å². The van der Waals surface area contributed by atoms with Crippen LogP contribution in [0.25, 0.3) is 0 Å². The molecule has 2 N–H and O–H groups in total. The van der Waals surface area contributed by atoms with Crippen LogP contribution in [0.4, 0.5) is 5.69 Å². The number of amides is 1. The molecule has 0 spiro atoms. The Kier molecular flexibility index (Phi) is 4.69. The van der Waals surface area contributed by atoms with Crippen molar-refractivity contribution < 1.29 is 14.7 Å². The van der Waals surface area contributed by atoms with Gasteiger partial charge < -0.3 is 10.4 Å². The lowest BCUT2D eigenvalue weighted by Gasteiger charge is -2.27. The van der Waals surface area contributed by atoms with Gasteiger partial charge in [-0.1, -0.05) is 51.1 Å². The third-order valence-electron chi connectivity index (χ3n) is 4.08. The van der Waals surface area contributed by atoms with Gasteiger partial charge in [0.1, 0.15) is 0 Å². The first-order chi connectivity index (χ1) is 10.3. The molecule has 0 radical (unpaired) electrons. The highest BCUT2D eigenvalue weighted by Crippen LogP contribution is 2.31. The Labute approximate surface area is 131 Å². The number of hydrogen-bond donors (Lipinski definition) is 2. The van der Waals surface area contributed by atoms with E-state index in [1.807, 2.05) is 36.4 Å². The molecule has 2 atom stereocenters. The molecule has 0 heterocycles. The van der Waals surface area contributed by atoms with Crippen molar-refractivity contribution in [2.45, 2.75) is 39.0 Å². The highest BCUT2D eigenvalue weighted by Gasteiger charge is 2.34. The highest BCUT2D eigenvalue weighted by molar-refractivity contribution is 5.96. The third kappa shape index (κ3) is 3.56. The van der Waals surface area contributed by atoms with Gasteiger partial charge in [0.05, 0.1) is 11.8 Å². The van der Waals surface area contributed by atoms with Crippen LogP contribution < -0.4 is 5.32 Å². The van der Waals surface area contributed by atoms with Crippen molar-refractivity contribution in [3.05, 3.63) is 42.0 Å². The predicted molar refractivity (Wildman–Crippen MR) is 86.8 cm³/mol. The third-order valence-corrected chi connectivity index (χ3v) is 4.08. The molecule has 1 aliphatic carbocycles. The number of nitrogens with one attached hydrogen (secondary N) is 1. The summed E-state index contributed by atoms with van der Waals surface area (Å²) in [6.07, 6.45) is 4.61. The van der Waals surface area contributed by atoms with E-state index in [9.17, 15) is 14.7 Å². The maximum atomic E-state index is 12.6. The Bertz CT molecular complexity index is 599. The Hall–Kier alpha value is -2.10. The molecule has 0 aliphatic heterocycles. The number of para-hydroxylation sites is 1. The van der Waals surface area contributed by atoms with Crippen molar-refractivity contribution in [3.8, 4) is 0 Å². The number of benzene rings is 1. The standard InChI is InChI=1S/C18H23NO3/c1-18(2,3)14-10-6-7-11-15(14)19-16(20)12-8-4-5-9-13(12)17(21)22/h4-7,10-13H,8-9H2,1-3H3,(H,19,20)(H,21,22)/t12-,13+/m0/s1. The number of allylic oxidation sites excluding steroid dienone is 2. The monoisotopic (exact) mass is 301 g/mol. The second kappa shape index (κ2) is 6.34. The first-order valence-corrected chi connectivity index (χ1v) is 7.59. The Balaban J connectivity index is 2.22. The van der Waals surface area contributed by atoms with Crippen molar-refractivity contribution in [3.63, 3.8) is 0 Å². The molecule has 1 amide bonds. The summed E-state index contributed by atoms with van der Waals surface area (Å²) in [5, 5.41) is 12.2. The van der Waals surface area contributed by atoms with Crippen molar-refractivity contribution in [1.82, 2.24) is 0 Å². The Morgan fingerprint density at radius 2 is 1.68 bits per heavy atom. The Morgan fingerprint density at radius 1 is 1.09 bits per heavy atom. The lowest BCUT2D eigenvalue weighted by Crippen LogP contribution is -2.35. The summed E-state index contributed by atoms with van der Waals surface area (Å²) >= 11 is 0. The molecular formula is C18H23NO3. The molecule has 2 rings (SSSR count). The summed E-state index contributed by atoms with van der Waals surface area (Å²) in [6, 6.07) is 7.68. The quantitative estimate of drug-likeness (QED) is 0.838. The van der Waals surface area contributed by atoms with Gasteiger partial charge in [0.15, 0.2) is 0 Å². The lowest BCUT2D eigenvalue weighted by molar-refractivity contribution is -0.146. The number of carboxylic acids is 1. The van der Waals surface area contributed by atoms with Gasteiger partial charge >= 0.3 is 5.97 Å². The number of rotatable bonds is 3. The van der Waals surface area contributed by atoms with Gasteiger partial charge in [0, 0.05) is 5.69 Å². The van der Waals surface area contributed by atoms with Crippen LogP contribution in [0.2, 0.25) is 0 Å². The molecule has 0 saturated carbocycles. The molecule has 0 unspecified atom stereocenters. The number of aliphatic carboxylic acids is 1. The van der Waals surface area contributed by atoms with E-state index in [1.54, 1.807) is 0 Å². The van der Waals surface area contributed by atoms with E-state index >= 15 is 0 Å². The zero-order valence-electron chi connectivity index (χ0n) is 13.3. The predicted octanol–water partition coefficient (Wildman–Crippen LogP) is 3.59. The average Bonchev–Trinajstić information content (AvgIpc) is 2.46. The number of hydrogen-bond acceptors (Lipinski definition) is 2. The van der Waals surface area contributed by atoms with E-state index in [4.69, 9.17) is 0 Å². The van der Waals surface area contributed by atoms with Gasteiger partial charge in [0.2, 0.25) is 5.91 Å².